The molecule has 112 valence electrons. The van der Waals surface area contributed by atoms with Crippen molar-refractivity contribution in [3.63, 3.8) is 0 Å². The zero-order valence-corrected chi connectivity index (χ0v) is 12.2. The Kier molecular flexibility index (Phi) is 3.92. The lowest BCUT2D eigenvalue weighted by molar-refractivity contribution is -0.120. The molecule has 2 amide bonds. The molecule has 0 radical (unpaired) electrons. The molecule has 1 aliphatic carbocycles. The van der Waals surface area contributed by atoms with Crippen LogP contribution in [0.3, 0.4) is 0 Å². The normalized spacial score (nSPS) is 15.1. The molecule has 2 aromatic carbocycles. The van der Waals surface area contributed by atoms with Crippen LogP contribution in [0.15, 0.2) is 54.6 Å². The van der Waals surface area contributed by atoms with Gasteiger partial charge in [0, 0.05) is 5.56 Å². The highest BCUT2D eigenvalue weighted by atomic mass is 16.2. The number of nitrogens with one attached hydrogen (secondary N) is 1. The molecule has 4 heteroatoms. The second-order valence-corrected chi connectivity index (χ2v) is 5.60. The number of carbonyl (C=O) groups is 2. The molecule has 1 unspecified atom stereocenters. The molecule has 0 aliphatic heterocycles. The van der Waals surface area contributed by atoms with Crippen molar-refractivity contribution in [3.05, 3.63) is 60.2 Å². The third-order valence-corrected chi connectivity index (χ3v) is 3.94. The maximum absolute atomic E-state index is 12.6. The van der Waals surface area contributed by atoms with Crippen LogP contribution >= 0.6 is 0 Å². The van der Waals surface area contributed by atoms with Gasteiger partial charge in [0.1, 0.15) is 6.04 Å². The largest absolute Gasteiger partial charge is 0.368 e. The van der Waals surface area contributed by atoms with Crippen molar-refractivity contribution in [2.24, 2.45) is 11.7 Å². The molecule has 0 heterocycles. The molecule has 3 rings (SSSR count). The maximum Gasteiger partial charge on any atom is 0.252 e. The Morgan fingerprint density at radius 3 is 2.27 bits per heavy atom. The van der Waals surface area contributed by atoms with Crippen LogP contribution < -0.4 is 11.1 Å². The molecular weight excluding hydrogens is 276 g/mol. The van der Waals surface area contributed by atoms with E-state index in [4.69, 9.17) is 5.73 Å². The van der Waals surface area contributed by atoms with Gasteiger partial charge in [0.05, 0.1) is 0 Å². The van der Waals surface area contributed by atoms with Crippen molar-refractivity contribution < 1.29 is 9.59 Å². The molecule has 22 heavy (non-hydrogen) atoms. The minimum absolute atomic E-state index is 0.185. The fraction of sp³-hybridized carbons (Fsp3) is 0.222. The Balaban J connectivity index is 1.88. The number of nitrogens with two attached hydrogens (primary N) is 1. The number of primary amides is 1. The highest BCUT2D eigenvalue weighted by Crippen LogP contribution is 2.33. The van der Waals surface area contributed by atoms with Crippen molar-refractivity contribution in [2.45, 2.75) is 18.9 Å². The molecule has 1 fully saturated rings. The van der Waals surface area contributed by atoms with E-state index in [-0.39, 0.29) is 11.8 Å². The third-order valence-electron chi connectivity index (χ3n) is 3.94. The molecule has 0 aromatic heterocycles. The zero-order valence-electron chi connectivity index (χ0n) is 12.2. The number of hydrogen-bond donors (Lipinski definition) is 2. The quantitative estimate of drug-likeness (QED) is 0.888. The van der Waals surface area contributed by atoms with Crippen LogP contribution in [0.25, 0.3) is 11.1 Å². The van der Waals surface area contributed by atoms with Gasteiger partial charge in [-0.05, 0) is 36.0 Å². The predicted molar refractivity (Wildman–Crippen MR) is 85.1 cm³/mol. The lowest BCUT2D eigenvalue weighted by Crippen LogP contribution is -2.46. The second kappa shape index (κ2) is 6.02. The third kappa shape index (κ3) is 3.01. The van der Waals surface area contributed by atoms with Gasteiger partial charge in [0.15, 0.2) is 0 Å². The van der Waals surface area contributed by atoms with E-state index in [1.165, 1.54) is 0 Å². The minimum atomic E-state index is -0.573. The van der Waals surface area contributed by atoms with Crippen molar-refractivity contribution in [2.75, 3.05) is 0 Å². The summed E-state index contributed by atoms with van der Waals surface area (Å²) in [5.41, 5.74) is 7.77. The Morgan fingerprint density at radius 1 is 1.00 bits per heavy atom. The van der Waals surface area contributed by atoms with Gasteiger partial charge in [-0.25, -0.2) is 0 Å². The van der Waals surface area contributed by atoms with Crippen molar-refractivity contribution in [1.29, 1.82) is 0 Å². The molecule has 3 N–H and O–H groups in total. The topological polar surface area (TPSA) is 72.2 Å². The highest BCUT2D eigenvalue weighted by Gasteiger charge is 2.36. The van der Waals surface area contributed by atoms with Gasteiger partial charge in [0.25, 0.3) is 5.91 Å². The van der Waals surface area contributed by atoms with Crippen molar-refractivity contribution >= 4 is 11.8 Å². The molecule has 1 atom stereocenters. The average Bonchev–Trinajstić information content (AvgIpc) is 3.37. The van der Waals surface area contributed by atoms with Gasteiger partial charge in [-0.15, -0.1) is 0 Å². The fourth-order valence-corrected chi connectivity index (χ4v) is 2.62. The van der Waals surface area contributed by atoms with Crippen LogP contribution in [0.2, 0.25) is 0 Å². The number of amides is 2. The van der Waals surface area contributed by atoms with Gasteiger partial charge < -0.3 is 11.1 Å². The standard InChI is InChI=1S/C18H18N2O2/c19-17(21)16(13-10-11-13)20-18(22)15-9-5-4-8-14(15)12-6-2-1-3-7-12/h1-9,13,16H,10-11H2,(H2,19,21)(H,20,22). The number of carbonyl (C=O) groups excluding carboxylic acids is 2. The highest BCUT2D eigenvalue weighted by molar-refractivity contribution is 6.02. The van der Waals surface area contributed by atoms with Crippen LogP contribution in [0.4, 0.5) is 0 Å². The van der Waals surface area contributed by atoms with Crippen LogP contribution in [0.5, 0.6) is 0 Å². The Hall–Kier alpha value is -2.62. The lowest BCUT2D eigenvalue weighted by Gasteiger charge is -2.16. The van der Waals surface area contributed by atoms with E-state index >= 15 is 0 Å². The zero-order chi connectivity index (χ0) is 15.5. The summed E-state index contributed by atoms with van der Waals surface area (Å²) in [5.74, 6) is -0.534. The summed E-state index contributed by atoms with van der Waals surface area (Å²) in [5, 5.41) is 2.79. The first-order chi connectivity index (χ1) is 10.7. The summed E-state index contributed by atoms with van der Waals surface area (Å²) in [4.78, 5) is 24.1. The van der Waals surface area contributed by atoms with Crippen LogP contribution in [0, 0.1) is 5.92 Å². The fourth-order valence-electron chi connectivity index (χ4n) is 2.62. The summed E-state index contributed by atoms with van der Waals surface area (Å²) < 4.78 is 0. The van der Waals surface area contributed by atoms with E-state index in [0.29, 0.717) is 5.56 Å². The summed E-state index contributed by atoms with van der Waals surface area (Å²) in [6.45, 7) is 0. The lowest BCUT2D eigenvalue weighted by atomic mass is 9.99. The summed E-state index contributed by atoms with van der Waals surface area (Å²) in [7, 11) is 0. The van der Waals surface area contributed by atoms with E-state index in [0.717, 1.165) is 24.0 Å². The van der Waals surface area contributed by atoms with Gasteiger partial charge in [-0.3, -0.25) is 9.59 Å². The van der Waals surface area contributed by atoms with Gasteiger partial charge in [-0.2, -0.15) is 0 Å². The first kappa shape index (κ1) is 14.3. The summed E-state index contributed by atoms with van der Waals surface area (Å²) >= 11 is 0. The number of benzene rings is 2. The molecule has 0 spiro atoms. The molecule has 0 saturated heterocycles. The van der Waals surface area contributed by atoms with E-state index < -0.39 is 11.9 Å². The number of hydrogen-bond acceptors (Lipinski definition) is 2. The predicted octanol–water partition coefficient (Wildman–Crippen LogP) is 2.35. The maximum atomic E-state index is 12.6. The smallest absolute Gasteiger partial charge is 0.252 e. The molecule has 1 aliphatic rings. The van der Waals surface area contributed by atoms with Crippen molar-refractivity contribution in [3.8, 4) is 11.1 Å². The van der Waals surface area contributed by atoms with E-state index in [2.05, 4.69) is 5.32 Å². The first-order valence-corrected chi connectivity index (χ1v) is 7.41. The van der Waals surface area contributed by atoms with E-state index in [1.807, 2.05) is 48.5 Å². The molecule has 2 aromatic rings. The first-order valence-electron chi connectivity index (χ1n) is 7.41. The van der Waals surface area contributed by atoms with E-state index in [9.17, 15) is 9.59 Å². The molecule has 1 saturated carbocycles. The van der Waals surface area contributed by atoms with Crippen LogP contribution in [0.1, 0.15) is 23.2 Å². The minimum Gasteiger partial charge on any atom is -0.368 e. The molecular formula is C18H18N2O2. The van der Waals surface area contributed by atoms with E-state index in [1.54, 1.807) is 6.07 Å². The van der Waals surface area contributed by atoms with Gasteiger partial charge in [-0.1, -0.05) is 48.5 Å². The second-order valence-electron chi connectivity index (χ2n) is 5.60. The SMILES string of the molecule is NC(=O)C(NC(=O)c1ccccc1-c1ccccc1)C1CC1. The summed E-state index contributed by atoms with van der Waals surface area (Å²) in [6, 6.07) is 16.5. The number of rotatable bonds is 5. The molecule has 0 bridgehead atoms. The van der Waals surface area contributed by atoms with Crippen LogP contribution in [-0.2, 0) is 4.79 Å². The summed E-state index contributed by atoms with van der Waals surface area (Å²) in [6.07, 6.45) is 1.88. The Morgan fingerprint density at radius 2 is 1.64 bits per heavy atom. The molecule has 4 nitrogen and oxygen atoms in total. The Bertz CT molecular complexity index is 693. The van der Waals surface area contributed by atoms with Crippen molar-refractivity contribution in [1.82, 2.24) is 5.32 Å². The van der Waals surface area contributed by atoms with Gasteiger partial charge in [0.2, 0.25) is 5.91 Å². The average molecular weight is 294 g/mol. The Labute approximate surface area is 129 Å². The van der Waals surface area contributed by atoms with Gasteiger partial charge >= 0.3 is 0 Å². The monoisotopic (exact) mass is 294 g/mol. The van der Waals surface area contributed by atoms with Crippen LogP contribution in [-0.4, -0.2) is 17.9 Å².